The van der Waals surface area contributed by atoms with Gasteiger partial charge < -0.3 is 14.7 Å². The van der Waals surface area contributed by atoms with Crippen molar-refractivity contribution in [3.63, 3.8) is 0 Å². The number of fused-ring (bicyclic) bond motifs is 1. The summed E-state index contributed by atoms with van der Waals surface area (Å²) in [6, 6.07) is 3.58. The normalized spacial score (nSPS) is 36.7. The van der Waals surface area contributed by atoms with Gasteiger partial charge in [-0.1, -0.05) is 18.2 Å². The van der Waals surface area contributed by atoms with Crippen molar-refractivity contribution in [3.05, 3.63) is 42.2 Å². The minimum absolute atomic E-state index is 0.143. The van der Waals surface area contributed by atoms with E-state index in [2.05, 4.69) is 4.98 Å². The number of rotatable bonds is 3. The van der Waals surface area contributed by atoms with Gasteiger partial charge in [0.2, 0.25) is 5.91 Å². The zero-order valence-electron chi connectivity index (χ0n) is 12.0. The van der Waals surface area contributed by atoms with Crippen molar-refractivity contribution >= 4 is 11.9 Å². The Morgan fingerprint density at radius 1 is 1.59 bits per heavy atom. The van der Waals surface area contributed by atoms with E-state index in [1.807, 2.05) is 25.1 Å². The second kappa shape index (κ2) is 4.39. The third-order valence-corrected chi connectivity index (χ3v) is 5.05. The maximum absolute atomic E-state index is 12.8. The molecule has 1 N–H and O–H groups in total. The smallest absolute Gasteiger partial charge is 0.310 e. The Kier molecular flexibility index (Phi) is 2.69. The molecular weight excluding hydrogens is 284 g/mol. The second-order valence-electron chi connectivity index (χ2n) is 6.17. The van der Waals surface area contributed by atoms with Gasteiger partial charge in [-0.25, -0.2) is 0 Å². The first-order valence-corrected chi connectivity index (χ1v) is 7.34. The van der Waals surface area contributed by atoms with Gasteiger partial charge >= 0.3 is 5.97 Å². The summed E-state index contributed by atoms with van der Waals surface area (Å²) in [4.78, 5) is 30.2. The van der Waals surface area contributed by atoms with E-state index in [0.717, 1.165) is 5.56 Å². The van der Waals surface area contributed by atoms with Crippen molar-refractivity contribution in [2.45, 2.75) is 24.7 Å². The minimum atomic E-state index is -0.967. The van der Waals surface area contributed by atoms with Crippen LogP contribution < -0.4 is 0 Å². The van der Waals surface area contributed by atoms with Crippen molar-refractivity contribution in [2.24, 2.45) is 11.8 Å². The summed E-state index contributed by atoms with van der Waals surface area (Å²) in [5.41, 5.74) is 0.152. The molecule has 22 heavy (non-hydrogen) atoms. The Balaban J connectivity index is 1.68. The lowest BCUT2D eigenvalue weighted by molar-refractivity contribution is -0.148. The molecule has 114 valence electrons. The quantitative estimate of drug-likeness (QED) is 0.843. The molecule has 1 aromatic rings. The number of pyridine rings is 1. The topological polar surface area (TPSA) is 79.7 Å². The molecule has 1 amide bonds. The molecule has 3 aliphatic rings. The fourth-order valence-corrected chi connectivity index (χ4v) is 3.94. The first kappa shape index (κ1) is 13.5. The number of hydrogen-bond donors (Lipinski definition) is 1. The predicted octanol–water partition coefficient (Wildman–Crippen LogP) is 1.01. The summed E-state index contributed by atoms with van der Waals surface area (Å²) >= 11 is 0. The SMILES string of the molecule is C[C@@H](c1cccnc1)N1C[C@@]23C=C[C@H](O2)[C@H](C(=O)O)[C@@H]3C1=O. The van der Waals surface area contributed by atoms with Gasteiger partial charge in [0.25, 0.3) is 0 Å². The molecule has 0 unspecified atom stereocenters. The third kappa shape index (κ3) is 1.61. The van der Waals surface area contributed by atoms with Gasteiger partial charge in [0.05, 0.1) is 24.6 Å². The lowest BCUT2D eigenvalue weighted by atomic mass is 9.77. The molecule has 5 atom stereocenters. The number of aliphatic carboxylic acids is 1. The highest BCUT2D eigenvalue weighted by atomic mass is 16.5. The molecule has 0 aromatic carbocycles. The molecule has 4 rings (SSSR count). The summed E-state index contributed by atoms with van der Waals surface area (Å²) in [6.07, 6.45) is 6.58. The number of likely N-dealkylation sites (tertiary alicyclic amines) is 1. The van der Waals surface area contributed by atoms with Crippen LogP contribution >= 0.6 is 0 Å². The summed E-state index contributed by atoms with van der Waals surface area (Å²) in [6.45, 7) is 2.32. The number of aromatic nitrogens is 1. The Morgan fingerprint density at radius 3 is 3.09 bits per heavy atom. The fraction of sp³-hybridized carbons (Fsp3) is 0.438. The van der Waals surface area contributed by atoms with E-state index in [0.29, 0.717) is 6.54 Å². The van der Waals surface area contributed by atoms with Crippen LogP contribution in [0.2, 0.25) is 0 Å². The average Bonchev–Trinajstić information content (AvgIpc) is 3.15. The first-order chi connectivity index (χ1) is 10.5. The summed E-state index contributed by atoms with van der Waals surface area (Å²) < 4.78 is 5.87. The maximum Gasteiger partial charge on any atom is 0.310 e. The molecule has 1 spiro atoms. The van der Waals surface area contributed by atoms with Crippen LogP contribution in [0.3, 0.4) is 0 Å². The van der Waals surface area contributed by atoms with Gasteiger partial charge in [0, 0.05) is 12.4 Å². The lowest BCUT2D eigenvalue weighted by Gasteiger charge is -2.27. The summed E-state index contributed by atoms with van der Waals surface area (Å²) in [7, 11) is 0. The van der Waals surface area contributed by atoms with Crippen molar-refractivity contribution in [1.82, 2.24) is 9.88 Å². The minimum Gasteiger partial charge on any atom is -0.481 e. The number of carbonyl (C=O) groups is 2. The zero-order valence-corrected chi connectivity index (χ0v) is 12.0. The predicted molar refractivity (Wildman–Crippen MR) is 75.7 cm³/mol. The Morgan fingerprint density at radius 2 is 2.41 bits per heavy atom. The van der Waals surface area contributed by atoms with E-state index in [-0.39, 0.29) is 11.9 Å². The molecule has 6 nitrogen and oxygen atoms in total. The Labute approximate surface area is 127 Å². The molecule has 0 aliphatic carbocycles. The van der Waals surface area contributed by atoms with Crippen LogP contribution in [-0.4, -0.2) is 45.1 Å². The highest BCUT2D eigenvalue weighted by Crippen LogP contribution is 2.53. The van der Waals surface area contributed by atoms with Gasteiger partial charge in [-0.05, 0) is 18.6 Å². The number of hydrogen-bond acceptors (Lipinski definition) is 4. The maximum atomic E-state index is 12.8. The van der Waals surface area contributed by atoms with Crippen LogP contribution in [0, 0.1) is 11.8 Å². The second-order valence-corrected chi connectivity index (χ2v) is 6.17. The molecular formula is C16H16N2O4. The monoisotopic (exact) mass is 300 g/mol. The van der Waals surface area contributed by atoms with E-state index in [1.165, 1.54) is 0 Å². The molecule has 0 saturated carbocycles. The first-order valence-electron chi connectivity index (χ1n) is 7.34. The number of carboxylic acid groups (broad SMARTS) is 1. The summed E-state index contributed by atoms with van der Waals surface area (Å²) in [5, 5.41) is 9.44. The number of carbonyl (C=O) groups excluding carboxylic acids is 1. The highest BCUT2D eigenvalue weighted by molar-refractivity contribution is 5.91. The zero-order chi connectivity index (χ0) is 15.5. The largest absolute Gasteiger partial charge is 0.481 e. The van der Waals surface area contributed by atoms with E-state index >= 15 is 0 Å². The molecule has 6 heteroatoms. The Bertz CT molecular complexity index is 674. The molecule has 0 radical (unpaired) electrons. The van der Waals surface area contributed by atoms with Crippen LogP contribution in [0.4, 0.5) is 0 Å². The molecule has 3 aliphatic heterocycles. The lowest BCUT2D eigenvalue weighted by Crippen LogP contribution is -2.39. The van der Waals surface area contributed by atoms with Gasteiger partial charge in [0.15, 0.2) is 0 Å². The Hall–Kier alpha value is -2.21. The molecule has 4 heterocycles. The van der Waals surface area contributed by atoms with Crippen molar-refractivity contribution in [2.75, 3.05) is 6.54 Å². The van der Waals surface area contributed by atoms with Gasteiger partial charge in [0.1, 0.15) is 11.5 Å². The molecule has 2 fully saturated rings. The molecule has 1 aromatic heterocycles. The van der Waals surface area contributed by atoms with Crippen molar-refractivity contribution < 1.29 is 19.4 Å². The van der Waals surface area contributed by atoms with Gasteiger partial charge in [-0.2, -0.15) is 0 Å². The van der Waals surface area contributed by atoms with Crippen LogP contribution in [0.5, 0.6) is 0 Å². The van der Waals surface area contributed by atoms with Crippen LogP contribution in [0.1, 0.15) is 18.5 Å². The number of nitrogens with zero attached hydrogens (tertiary/aromatic N) is 2. The number of ether oxygens (including phenoxy) is 1. The van der Waals surface area contributed by atoms with Crippen LogP contribution in [0.25, 0.3) is 0 Å². The van der Waals surface area contributed by atoms with Crippen LogP contribution in [-0.2, 0) is 14.3 Å². The van der Waals surface area contributed by atoms with Crippen molar-refractivity contribution in [3.8, 4) is 0 Å². The summed E-state index contributed by atoms with van der Waals surface area (Å²) in [5.74, 6) is -2.52. The van der Waals surface area contributed by atoms with Gasteiger partial charge in [-0.3, -0.25) is 14.6 Å². The average molecular weight is 300 g/mol. The molecule has 2 saturated heterocycles. The van der Waals surface area contributed by atoms with E-state index in [1.54, 1.807) is 23.4 Å². The van der Waals surface area contributed by atoms with Crippen molar-refractivity contribution in [1.29, 1.82) is 0 Å². The van der Waals surface area contributed by atoms with E-state index in [4.69, 9.17) is 4.74 Å². The van der Waals surface area contributed by atoms with E-state index in [9.17, 15) is 14.7 Å². The standard InChI is InChI=1S/C16H16N2O4/c1-9(10-3-2-6-17-7-10)18-8-16-5-4-11(22-16)12(15(20)21)13(16)14(18)19/h2-7,9,11-13H,8H2,1H3,(H,20,21)/t9-,11-,12-,13+,16+/m0/s1. The number of carboxylic acids is 1. The van der Waals surface area contributed by atoms with Crippen LogP contribution in [0.15, 0.2) is 36.7 Å². The van der Waals surface area contributed by atoms with Gasteiger partial charge in [-0.15, -0.1) is 0 Å². The van der Waals surface area contributed by atoms with E-state index < -0.39 is 29.5 Å². The molecule has 2 bridgehead atoms. The highest BCUT2D eigenvalue weighted by Gasteiger charge is 2.67. The fourth-order valence-electron chi connectivity index (χ4n) is 3.94. The third-order valence-electron chi connectivity index (χ3n) is 5.05. The number of amides is 1.